The van der Waals surface area contributed by atoms with E-state index in [9.17, 15) is 0 Å². The highest BCUT2D eigenvalue weighted by atomic mass is 16.5. The molecule has 0 aliphatic carbocycles. The van der Waals surface area contributed by atoms with Crippen molar-refractivity contribution in [3.8, 4) is 5.75 Å². The van der Waals surface area contributed by atoms with E-state index in [1.807, 2.05) is 36.4 Å². The number of para-hydroxylation sites is 1. The van der Waals surface area contributed by atoms with Crippen LogP contribution >= 0.6 is 0 Å². The summed E-state index contributed by atoms with van der Waals surface area (Å²) in [6.45, 7) is 1.68. The smallest absolute Gasteiger partial charge is 0.140 e. The molecule has 1 aromatic carbocycles. The summed E-state index contributed by atoms with van der Waals surface area (Å²) in [5, 5.41) is 1.04. The lowest BCUT2D eigenvalue weighted by Crippen LogP contribution is -2.32. The van der Waals surface area contributed by atoms with Crippen molar-refractivity contribution >= 4 is 10.9 Å². The second-order valence-corrected chi connectivity index (χ2v) is 5.43. The van der Waals surface area contributed by atoms with Crippen molar-refractivity contribution in [2.75, 3.05) is 13.6 Å². The van der Waals surface area contributed by atoms with Gasteiger partial charge < -0.3 is 9.15 Å². The standard InChI is InChI=1S/C17H16N2O2/c1-19-10-16-13(7-9-20-16)17(11-19)21-15-6-8-18-14-5-3-2-4-12(14)15/h2-9,17H,10-11H2,1H3. The van der Waals surface area contributed by atoms with Gasteiger partial charge in [-0.1, -0.05) is 12.1 Å². The number of pyridine rings is 1. The van der Waals surface area contributed by atoms with Crippen molar-refractivity contribution in [1.29, 1.82) is 0 Å². The largest absolute Gasteiger partial charge is 0.483 e. The van der Waals surface area contributed by atoms with Crippen molar-refractivity contribution in [3.05, 3.63) is 60.2 Å². The zero-order valence-electron chi connectivity index (χ0n) is 11.8. The van der Waals surface area contributed by atoms with Gasteiger partial charge in [0.25, 0.3) is 0 Å². The van der Waals surface area contributed by atoms with Gasteiger partial charge in [-0.3, -0.25) is 9.88 Å². The monoisotopic (exact) mass is 280 g/mol. The van der Waals surface area contributed by atoms with Crippen LogP contribution in [0.25, 0.3) is 10.9 Å². The quantitative estimate of drug-likeness (QED) is 0.721. The Morgan fingerprint density at radius 3 is 3.10 bits per heavy atom. The van der Waals surface area contributed by atoms with E-state index in [-0.39, 0.29) is 6.10 Å². The molecule has 1 unspecified atom stereocenters. The van der Waals surface area contributed by atoms with Crippen molar-refractivity contribution in [2.24, 2.45) is 0 Å². The van der Waals surface area contributed by atoms with E-state index in [1.54, 1.807) is 12.5 Å². The molecule has 0 N–H and O–H groups in total. The van der Waals surface area contributed by atoms with Gasteiger partial charge in [-0.05, 0) is 31.3 Å². The first-order valence-electron chi connectivity index (χ1n) is 7.06. The number of nitrogens with zero attached hydrogens (tertiary/aromatic N) is 2. The molecule has 3 aromatic rings. The van der Waals surface area contributed by atoms with Gasteiger partial charge in [-0.25, -0.2) is 0 Å². The summed E-state index contributed by atoms with van der Waals surface area (Å²) in [5.41, 5.74) is 2.10. The molecular formula is C17H16N2O2. The van der Waals surface area contributed by atoms with Gasteiger partial charge in [-0.15, -0.1) is 0 Å². The molecule has 0 radical (unpaired) electrons. The third kappa shape index (κ3) is 2.17. The highest BCUT2D eigenvalue weighted by molar-refractivity contribution is 5.84. The lowest BCUT2D eigenvalue weighted by Gasteiger charge is -2.29. The average molecular weight is 280 g/mol. The second-order valence-electron chi connectivity index (χ2n) is 5.43. The van der Waals surface area contributed by atoms with Crippen LogP contribution in [0.2, 0.25) is 0 Å². The predicted octanol–water partition coefficient (Wildman–Crippen LogP) is 3.39. The Morgan fingerprint density at radius 1 is 1.24 bits per heavy atom. The van der Waals surface area contributed by atoms with E-state index in [0.29, 0.717) is 0 Å². The molecule has 0 saturated carbocycles. The molecule has 3 heterocycles. The fourth-order valence-corrected chi connectivity index (χ4v) is 2.88. The molecule has 4 rings (SSSR count). The van der Waals surface area contributed by atoms with Gasteiger partial charge in [-0.2, -0.15) is 0 Å². The Morgan fingerprint density at radius 2 is 2.14 bits per heavy atom. The minimum atomic E-state index is -0.0108. The highest BCUT2D eigenvalue weighted by Gasteiger charge is 2.27. The SMILES string of the molecule is CN1Cc2occc2C(Oc2ccnc3ccccc23)C1. The summed E-state index contributed by atoms with van der Waals surface area (Å²) in [5.74, 6) is 1.86. The van der Waals surface area contributed by atoms with Crippen molar-refractivity contribution in [3.63, 3.8) is 0 Å². The lowest BCUT2D eigenvalue weighted by atomic mass is 10.1. The fraction of sp³-hybridized carbons (Fsp3) is 0.235. The molecule has 21 heavy (non-hydrogen) atoms. The molecule has 0 spiro atoms. The van der Waals surface area contributed by atoms with Crippen LogP contribution in [0.1, 0.15) is 17.4 Å². The Balaban J connectivity index is 1.73. The molecular weight excluding hydrogens is 264 g/mol. The molecule has 4 heteroatoms. The number of ether oxygens (including phenoxy) is 1. The molecule has 106 valence electrons. The molecule has 0 fully saturated rings. The van der Waals surface area contributed by atoms with Crippen LogP contribution in [0, 0.1) is 0 Å². The summed E-state index contributed by atoms with van der Waals surface area (Å²) < 4.78 is 11.8. The third-order valence-corrected chi connectivity index (χ3v) is 3.90. The van der Waals surface area contributed by atoms with Crippen molar-refractivity contribution in [1.82, 2.24) is 9.88 Å². The van der Waals surface area contributed by atoms with Gasteiger partial charge in [0.2, 0.25) is 0 Å². The zero-order valence-corrected chi connectivity index (χ0v) is 11.8. The van der Waals surface area contributed by atoms with Crippen molar-refractivity contribution < 1.29 is 9.15 Å². The summed E-state index contributed by atoms with van der Waals surface area (Å²) in [7, 11) is 2.08. The molecule has 0 bridgehead atoms. The Bertz CT molecular complexity index is 776. The number of fused-ring (bicyclic) bond motifs is 2. The van der Waals surface area contributed by atoms with Crippen LogP contribution in [0.5, 0.6) is 5.75 Å². The number of aromatic nitrogens is 1. The molecule has 0 saturated heterocycles. The first kappa shape index (κ1) is 12.4. The maximum Gasteiger partial charge on any atom is 0.140 e. The summed E-state index contributed by atoms with van der Waals surface area (Å²) >= 11 is 0. The number of furan rings is 1. The average Bonchev–Trinajstić information content (AvgIpc) is 2.96. The van der Waals surface area contributed by atoms with E-state index in [2.05, 4.69) is 16.9 Å². The van der Waals surface area contributed by atoms with Gasteiger partial charge in [0.1, 0.15) is 17.6 Å². The van der Waals surface area contributed by atoms with Crippen LogP contribution in [0.4, 0.5) is 0 Å². The Kier molecular flexibility index (Phi) is 2.89. The van der Waals surface area contributed by atoms with E-state index in [0.717, 1.165) is 41.1 Å². The summed E-state index contributed by atoms with van der Waals surface area (Å²) in [6, 6.07) is 12.0. The topological polar surface area (TPSA) is 38.5 Å². The first-order valence-corrected chi connectivity index (χ1v) is 7.06. The predicted molar refractivity (Wildman–Crippen MR) is 80.2 cm³/mol. The van der Waals surface area contributed by atoms with Crippen LogP contribution < -0.4 is 4.74 Å². The van der Waals surface area contributed by atoms with Gasteiger partial charge in [0, 0.05) is 23.7 Å². The second kappa shape index (κ2) is 4.90. The molecule has 2 aromatic heterocycles. The number of hydrogen-bond donors (Lipinski definition) is 0. The number of hydrogen-bond acceptors (Lipinski definition) is 4. The maximum absolute atomic E-state index is 6.28. The lowest BCUT2D eigenvalue weighted by molar-refractivity contribution is 0.121. The summed E-state index contributed by atoms with van der Waals surface area (Å²) in [6.07, 6.45) is 3.52. The van der Waals surface area contributed by atoms with Gasteiger partial charge >= 0.3 is 0 Å². The first-order chi connectivity index (χ1) is 10.3. The minimum Gasteiger partial charge on any atom is -0.483 e. The normalized spacial score (nSPS) is 18.6. The van der Waals surface area contributed by atoms with E-state index in [4.69, 9.17) is 9.15 Å². The minimum absolute atomic E-state index is 0.0108. The summed E-state index contributed by atoms with van der Waals surface area (Å²) in [4.78, 5) is 6.58. The Labute approximate surface area is 123 Å². The van der Waals surface area contributed by atoms with Crippen LogP contribution in [0.3, 0.4) is 0 Å². The van der Waals surface area contributed by atoms with Crippen LogP contribution in [0.15, 0.2) is 53.3 Å². The van der Waals surface area contributed by atoms with Gasteiger partial charge in [0.05, 0.1) is 18.3 Å². The molecule has 0 amide bonds. The third-order valence-electron chi connectivity index (χ3n) is 3.90. The van der Waals surface area contributed by atoms with Crippen molar-refractivity contribution in [2.45, 2.75) is 12.6 Å². The van der Waals surface area contributed by atoms with Crippen LogP contribution in [-0.2, 0) is 6.54 Å². The fourth-order valence-electron chi connectivity index (χ4n) is 2.88. The Hall–Kier alpha value is -2.33. The number of benzene rings is 1. The van der Waals surface area contributed by atoms with E-state index < -0.39 is 0 Å². The maximum atomic E-state index is 6.28. The number of likely N-dealkylation sites (N-methyl/N-ethyl adjacent to an activating group) is 1. The van der Waals surface area contributed by atoms with E-state index >= 15 is 0 Å². The molecule has 1 atom stereocenters. The highest BCUT2D eigenvalue weighted by Crippen LogP contribution is 2.33. The molecule has 4 nitrogen and oxygen atoms in total. The zero-order chi connectivity index (χ0) is 14.2. The molecule has 1 aliphatic heterocycles. The molecule has 1 aliphatic rings. The number of rotatable bonds is 2. The van der Waals surface area contributed by atoms with Crippen LogP contribution in [-0.4, -0.2) is 23.5 Å². The van der Waals surface area contributed by atoms with E-state index in [1.165, 1.54) is 0 Å². The van der Waals surface area contributed by atoms with Gasteiger partial charge in [0.15, 0.2) is 0 Å².